The maximum atomic E-state index is 9.31. The molecular formula is C12H11Cl3N2O. The molecule has 0 radical (unpaired) electrons. The molecule has 0 aliphatic rings. The van der Waals surface area contributed by atoms with Crippen molar-refractivity contribution in [1.29, 1.82) is 0 Å². The summed E-state index contributed by atoms with van der Waals surface area (Å²) in [5.74, 6) is 0. The molecule has 1 aromatic heterocycles. The van der Waals surface area contributed by atoms with Gasteiger partial charge in [0.15, 0.2) is 0 Å². The molecule has 0 atom stereocenters. The molecule has 96 valence electrons. The summed E-state index contributed by atoms with van der Waals surface area (Å²) in [5, 5.41) is 15.0. The van der Waals surface area contributed by atoms with E-state index in [1.54, 1.807) is 18.2 Å². The van der Waals surface area contributed by atoms with Crippen molar-refractivity contribution in [2.24, 2.45) is 0 Å². The zero-order valence-electron chi connectivity index (χ0n) is 9.62. The molecule has 1 heterocycles. The molecule has 0 bridgehead atoms. The fourth-order valence-corrected chi connectivity index (χ4v) is 2.51. The molecule has 18 heavy (non-hydrogen) atoms. The molecule has 0 fully saturated rings. The number of aromatic nitrogens is 2. The van der Waals surface area contributed by atoms with Gasteiger partial charge in [-0.1, -0.05) is 41.7 Å². The van der Waals surface area contributed by atoms with E-state index in [1.165, 1.54) is 4.68 Å². The summed E-state index contributed by atoms with van der Waals surface area (Å²) in [7, 11) is 0. The lowest BCUT2D eigenvalue weighted by Gasteiger charge is -2.06. The van der Waals surface area contributed by atoms with Gasteiger partial charge in [0.2, 0.25) is 0 Å². The molecule has 3 nitrogen and oxygen atoms in total. The lowest BCUT2D eigenvalue weighted by molar-refractivity contribution is 0.281. The van der Waals surface area contributed by atoms with Gasteiger partial charge in [-0.25, -0.2) is 4.68 Å². The third kappa shape index (κ3) is 2.36. The van der Waals surface area contributed by atoms with Gasteiger partial charge in [0.25, 0.3) is 0 Å². The van der Waals surface area contributed by atoms with Crippen molar-refractivity contribution < 1.29 is 5.11 Å². The van der Waals surface area contributed by atoms with Crippen LogP contribution < -0.4 is 0 Å². The van der Waals surface area contributed by atoms with Crippen LogP contribution in [0.5, 0.6) is 0 Å². The van der Waals surface area contributed by atoms with E-state index in [-0.39, 0.29) is 6.61 Å². The van der Waals surface area contributed by atoms with E-state index in [2.05, 4.69) is 5.10 Å². The number of hydrogen-bond acceptors (Lipinski definition) is 2. The minimum Gasteiger partial charge on any atom is -0.391 e. The fraction of sp³-hybridized carbons (Fsp3) is 0.250. The number of hydrogen-bond donors (Lipinski definition) is 1. The highest BCUT2D eigenvalue weighted by molar-refractivity contribution is 6.36. The Bertz CT molecular complexity index is 581. The average molecular weight is 306 g/mol. The van der Waals surface area contributed by atoms with Crippen LogP contribution in [0.4, 0.5) is 0 Å². The van der Waals surface area contributed by atoms with E-state index >= 15 is 0 Å². The molecule has 0 unspecified atom stereocenters. The van der Waals surface area contributed by atoms with Crippen LogP contribution in [0, 0.1) is 0 Å². The van der Waals surface area contributed by atoms with Crippen LogP contribution >= 0.6 is 34.8 Å². The Kier molecular flexibility index (Phi) is 4.17. The molecule has 0 saturated heterocycles. The largest absolute Gasteiger partial charge is 0.391 e. The SMILES string of the molecule is CCc1nn(-c2ccc(Cl)cc2Cl)c(Cl)c1CO. The molecular weight excluding hydrogens is 295 g/mol. The summed E-state index contributed by atoms with van der Waals surface area (Å²) < 4.78 is 1.52. The zero-order valence-corrected chi connectivity index (χ0v) is 11.9. The van der Waals surface area contributed by atoms with Crippen molar-refractivity contribution in [3.05, 3.63) is 44.7 Å². The summed E-state index contributed by atoms with van der Waals surface area (Å²) in [4.78, 5) is 0. The molecule has 0 aliphatic carbocycles. The summed E-state index contributed by atoms with van der Waals surface area (Å²) in [6, 6.07) is 5.08. The quantitative estimate of drug-likeness (QED) is 0.934. The van der Waals surface area contributed by atoms with Crippen LogP contribution in [-0.4, -0.2) is 14.9 Å². The minimum atomic E-state index is -0.146. The van der Waals surface area contributed by atoms with Gasteiger partial charge in [-0.15, -0.1) is 0 Å². The van der Waals surface area contributed by atoms with Crippen molar-refractivity contribution in [1.82, 2.24) is 9.78 Å². The predicted octanol–water partition coefficient (Wildman–Crippen LogP) is 3.89. The van der Waals surface area contributed by atoms with Gasteiger partial charge in [-0.3, -0.25) is 0 Å². The molecule has 0 aliphatic heterocycles. The summed E-state index contributed by atoms with van der Waals surface area (Å²) in [5.41, 5.74) is 2.03. The normalized spacial score (nSPS) is 10.9. The van der Waals surface area contributed by atoms with Crippen LogP contribution in [0.1, 0.15) is 18.2 Å². The molecule has 0 spiro atoms. The number of aliphatic hydroxyl groups is 1. The number of nitrogens with zero attached hydrogens (tertiary/aromatic N) is 2. The second-order valence-electron chi connectivity index (χ2n) is 3.74. The van der Waals surface area contributed by atoms with Crippen molar-refractivity contribution in [2.45, 2.75) is 20.0 Å². The Hall–Kier alpha value is -0.740. The van der Waals surface area contributed by atoms with Crippen LogP contribution in [0.25, 0.3) is 5.69 Å². The van der Waals surface area contributed by atoms with Crippen molar-refractivity contribution in [3.8, 4) is 5.69 Å². The van der Waals surface area contributed by atoms with E-state index in [1.807, 2.05) is 6.92 Å². The van der Waals surface area contributed by atoms with Gasteiger partial charge in [-0.2, -0.15) is 5.10 Å². The second-order valence-corrected chi connectivity index (χ2v) is 4.94. The van der Waals surface area contributed by atoms with Crippen LogP contribution in [-0.2, 0) is 13.0 Å². The maximum Gasteiger partial charge on any atom is 0.138 e. The zero-order chi connectivity index (χ0) is 13.3. The predicted molar refractivity (Wildman–Crippen MR) is 73.9 cm³/mol. The first-order valence-electron chi connectivity index (χ1n) is 5.41. The highest BCUT2D eigenvalue weighted by Gasteiger charge is 2.17. The lowest BCUT2D eigenvalue weighted by atomic mass is 10.2. The van der Waals surface area contributed by atoms with E-state index in [9.17, 15) is 5.11 Å². The highest BCUT2D eigenvalue weighted by Crippen LogP contribution is 2.29. The number of rotatable bonds is 3. The molecule has 1 N–H and O–H groups in total. The molecule has 2 rings (SSSR count). The topological polar surface area (TPSA) is 38.0 Å². The van der Waals surface area contributed by atoms with E-state index in [4.69, 9.17) is 34.8 Å². The lowest BCUT2D eigenvalue weighted by Crippen LogP contribution is -1.98. The first-order valence-corrected chi connectivity index (χ1v) is 6.54. The van der Waals surface area contributed by atoms with Gasteiger partial charge in [-0.05, 0) is 24.6 Å². The fourth-order valence-electron chi connectivity index (χ4n) is 1.73. The van der Waals surface area contributed by atoms with E-state index in [0.717, 1.165) is 5.69 Å². The molecule has 1 aromatic carbocycles. The van der Waals surface area contributed by atoms with Crippen LogP contribution in [0.3, 0.4) is 0 Å². The number of benzene rings is 1. The molecule has 0 amide bonds. The highest BCUT2D eigenvalue weighted by atomic mass is 35.5. The Balaban J connectivity index is 2.60. The van der Waals surface area contributed by atoms with Gasteiger partial charge >= 0.3 is 0 Å². The molecule has 0 saturated carbocycles. The first-order chi connectivity index (χ1) is 8.58. The third-order valence-corrected chi connectivity index (χ3v) is 3.56. The van der Waals surface area contributed by atoms with Gasteiger partial charge in [0.1, 0.15) is 5.15 Å². The van der Waals surface area contributed by atoms with E-state index < -0.39 is 0 Å². The van der Waals surface area contributed by atoms with Gasteiger partial charge in [0, 0.05) is 10.6 Å². The van der Waals surface area contributed by atoms with Crippen molar-refractivity contribution in [2.75, 3.05) is 0 Å². The Morgan fingerprint density at radius 1 is 1.28 bits per heavy atom. The van der Waals surface area contributed by atoms with E-state index in [0.29, 0.717) is 32.9 Å². The molecule has 2 aromatic rings. The summed E-state index contributed by atoms with van der Waals surface area (Å²) >= 11 is 18.2. The van der Waals surface area contributed by atoms with Crippen LogP contribution in [0.2, 0.25) is 15.2 Å². The van der Waals surface area contributed by atoms with Crippen molar-refractivity contribution >= 4 is 34.8 Å². The Labute approximate surface area is 120 Å². The summed E-state index contributed by atoms with van der Waals surface area (Å²) in [6.07, 6.45) is 0.688. The third-order valence-electron chi connectivity index (χ3n) is 2.63. The maximum absolute atomic E-state index is 9.31. The van der Waals surface area contributed by atoms with Crippen LogP contribution in [0.15, 0.2) is 18.2 Å². The smallest absolute Gasteiger partial charge is 0.138 e. The number of aryl methyl sites for hydroxylation is 1. The summed E-state index contributed by atoms with van der Waals surface area (Å²) in [6.45, 7) is 1.80. The first kappa shape index (κ1) is 13.7. The van der Waals surface area contributed by atoms with Crippen molar-refractivity contribution in [3.63, 3.8) is 0 Å². The monoisotopic (exact) mass is 304 g/mol. The Morgan fingerprint density at radius 2 is 2.00 bits per heavy atom. The Morgan fingerprint density at radius 3 is 2.50 bits per heavy atom. The van der Waals surface area contributed by atoms with Gasteiger partial charge in [0.05, 0.1) is 23.0 Å². The average Bonchev–Trinajstić information content (AvgIpc) is 2.66. The number of halogens is 3. The van der Waals surface area contributed by atoms with Gasteiger partial charge < -0.3 is 5.11 Å². The minimum absolute atomic E-state index is 0.146. The standard InChI is InChI=1S/C12H11Cl3N2O/c1-2-10-8(6-18)12(15)17(16-10)11-4-3-7(13)5-9(11)14/h3-5,18H,2,6H2,1H3. The number of aliphatic hydroxyl groups excluding tert-OH is 1. The molecule has 6 heteroatoms. The second kappa shape index (κ2) is 5.49.